The molecule has 2 aromatic rings. The number of β-amino-alcohol motifs (C(OH)–C–C–N with tert-alkyl or cyclic N) is 1. The zero-order valence-corrected chi connectivity index (χ0v) is 17.7. The van der Waals surface area contributed by atoms with Crippen molar-refractivity contribution in [2.24, 2.45) is 0 Å². The highest BCUT2D eigenvalue weighted by Gasteiger charge is 2.38. The van der Waals surface area contributed by atoms with Gasteiger partial charge in [-0.1, -0.05) is 50.6 Å². The van der Waals surface area contributed by atoms with E-state index in [1.165, 1.54) is 24.0 Å². The van der Waals surface area contributed by atoms with Crippen LogP contribution in [0.15, 0.2) is 35.6 Å². The topological polar surface area (TPSA) is 78.6 Å². The SMILES string of the molecule is C=C1c2c(O)c(=O)nc(CC3(c4cccc(CC)c4)CCCC3)n2CCN1CCO. The van der Waals surface area contributed by atoms with E-state index in [1.807, 2.05) is 9.47 Å². The molecule has 0 atom stereocenters. The van der Waals surface area contributed by atoms with Gasteiger partial charge in [0, 0.05) is 31.5 Å². The molecule has 0 bridgehead atoms. The third kappa shape index (κ3) is 3.54. The largest absolute Gasteiger partial charge is 0.501 e. The van der Waals surface area contributed by atoms with Gasteiger partial charge in [0.05, 0.1) is 12.3 Å². The summed E-state index contributed by atoms with van der Waals surface area (Å²) in [5, 5.41) is 19.8. The smallest absolute Gasteiger partial charge is 0.315 e. The Balaban J connectivity index is 1.78. The van der Waals surface area contributed by atoms with Crippen molar-refractivity contribution in [1.29, 1.82) is 0 Å². The van der Waals surface area contributed by atoms with Crippen LogP contribution >= 0.6 is 0 Å². The van der Waals surface area contributed by atoms with Gasteiger partial charge in [-0.25, -0.2) is 0 Å². The molecule has 1 aliphatic heterocycles. The molecule has 4 rings (SSSR count). The summed E-state index contributed by atoms with van der Waals surface area (Å²) in [5.74, 6) is 0.376. The molecular formula is C24H31N3O3. The Kier molecular flexibility index (Phi) is 5.69. The second-order valence-corrected chi connectivity index (χ2v) is 8.56. The number of hydrogen-bond donors (Lipinski definition) is 2. The molecule has 0 radical (unpaired) electrons. The molecule has 160 valence electrons. The fourth-order valence-corrected chi connectivity index (χ4v) is 5.17. The van der Waals surface area contributed by atoms with E-state index in [2.05, 4.69) is 42.8 Å². The van der Waals surface area contributed by atoms with Crippen LogP contribution in [0.25, 0.3) is 5.70 Å². The van der Waals surface area contributed by atoms with Gasteiger partial charge in [0.25, 0.3) is 0 Å². The Morgan fingerprint density at radius 1 is 1.23 bits per heavy atom. The van der Waals surface area contributed by atoms with Crippen LogP contribution in [-0.4, -0.2) is 44.4 Å². The first-order valence-electron chi connectivity index (χ1n) is 11.0. The van der Waals surface area contributed by atoms with Crippen LogP contribution in [0.2, 0.25) is 0 Å². The molecular weight excluding hydrogens is 378 g/mol. The normalized spacial score (nSPS) is 17.9. The highest BCUT2D eigenvalue weighted by molar-refractivity contribution is 5.65. The maximum absolute atomic E-state index is 12.6. The van der Waals surface area contributed by atoms with Gasteiger partial charge in [0.1, 0.15) is 11.5 Å². The van der Waals surface area contributed by atoms with Crippen molar-refractivity contribution in [2.75, 3.05) is 19.7 Å². The number of nitrogens with zero attached hydrogens (tertiary/aromatic N) is 3. The average molecular weight is 410 g/mol. The lowest BCUT2D eigenvalue weighted by Gasteiger charge is -2.36. The number of aryl methyl sites for hydroxylation is 1. The van der Waals surface area contributed by atoms with Crippen molar-refractivity contribution in [1.82, 2.24) is 14.5 Å². The third-order valence-electron chi connectivity index (χ3n) is 6.86. The molecule has 6 heteroatoms. The second kappa shape index (κ2) is 8.26. The molecule has 1 aromatic carbocycles. The summed E-state index contributed by atoms with van der Waals surface area (Å²) in [7, 11) is 0. The number of rotatable bonds is 6. The quantitative estimate of drug-likeness (QED) is 0.767. The molecule has 2 heterocycles. The van der Waals surface area contributed by atoms with Gasteiger partial charge in [0.15, 0.2) is 0 Å². The second-order valence-electron chi connectivity index (χ2n) is 8.56. The van der Waals surface area contributed by atoms with Crippen LogP contribution in [-0.2, 0) is 24.8 Å². The third-order valence-corrected chi connectivity index (χ3v) is 6.86. The molecule has 0 unspecified atom stereocenters. The van der Waals surface area contributed by atoms with Crippen LogP contribution in [0, 0.1) is 0 Å². The Labute approximate surface area is 177 Å². The first-order chi connectivity index (χ1) is 14.5. The Bertz CT molecular complexity index is 1010. The van der Waals surface area contributed by atoms with Crippen LogP contribution in [0.1, 0.15) is 55.3 Å². The molecule has 1 saturated carbocycles. The number of aromatic nitrogens is 2. The standard InChI is InChI=1S/C24H31N3O3/c1-3-18-7-6-8-19(15-18)24(9-4-5-10-24)16-20-25-23(30)22(29)21-17(2)26(13-14-28)11-12-27(20)21/h6-8,15,28-29H,2-5,9-14,16H2,1H3. The Morgan fingerprint density at radius 2 is 2.00 bits per heavy atom. The lowest BCUT2D eigenvalue weighted by molar-refractivity contribution is 0.230. The minimum atomic E-state index is -0.598. The lowest BCUT2D eigenvalue weighted by Crippen LogP contribution is -2.39. The average Bonchev–Trinajstić information content (AvgIpc) is 3.23. The van der Waals surface area contributed by atoms with E-state index in [9.17, 15) is 15.0 Å². The van der Waals surface area contributed by atoms with Gasteiger partial charge in [-0.2, -0.15) is 4.98 Å². The lowest BCUT2D eigenvalue weighted by atomic mass is 9.75. The molecule has 0 amide bonds. The summed E-state index contributed by atoms with van der Waals surface area (Å²) in [6, 6.07) is 8.82. The summed E-state index contributed by atoms with van der Waals surface area (Å²) in [5.41, 5.74) is 3.03. The maximum atomic E-state index is 12.6. The molecule has 0 saturated heterocycles. The number of benzene rings is 1. The minimum Gasteiger partial charge on any atom is -0.501 e. The Hall–Kier alpha value is -2.60. The number of aromatic hydroxyl groups is 1. The summed E-state index contributed by atoms with van der Waals surface area (Å²) in [4.78, 5) is 18.8. The van der Waals surface area contributed by atoms with E-state index in [0.717, 1.165) is 25.1 Å². The maximum Gasteiger partial charge on any atom is 0.315 e. The van der Waals surface area contributed by atoms with Crippen molar-refractivity contribution in [3.63, 3.8) is 0 Å². The fourth-order valence-electron chi connectivity index (χ4n) is 5.17. The van der Waals surface area contributed by atoms with Crippen LogP contribution in [0.5, 0.6) is 5.75 Å². The van der Waals surface area contributed by atoms with E-state index >= 15 is 0 Å². The first kappa shape index (κ1) is 20.7. The van der Waals surface area contributed by atoms with Crippen molar-refractivity contribution in [3.05, 3.63) is 63.8 Å². The zero-order valence-electron chi connectivity index (χ0n) is 17.7. The van der Waals surface area contributed by atoms with Crippen molar-refractivity contribution in [2.45, 2.75) is 57.4 Å². The summed E-state index contributed by atoms with van der Waals surface area (Å²) in [6.45, 7) is 7.97. The summed E-state index contributed by atoms with van der Waals surface area (Å²) < 4.78 is 1.97. The van der Waals surface area contributed by atoms with Crippen LogP contribution < -0.4 is 5.56 Å². The molecule has 2 N–H and O–H groups in total. The minimum absolute atomic E-state index is 0.00116. The molecule has 1 fully saturated rings. The number of fused-ring (bicyclic) bond motifs is 1. The van der Waals surface area contributed by atoms with Gasteiger partial charge in [0.2, 0.25) is 5.75 Å². The van der Waals surface area contributed by atoms with Gasteiger partial charge >= 0.3 is 5.56 Å². The van der Waals surface area contributed by atoms with Crippen LogP contribution in [0.3, 0.4) is 0 Å². The number of hydrogen-bond acceptors (Lipinski definition) is 5. The van der Waals surface area contributed by atoms with E-state index in [4.69, 9.17) is 0 Å². The molecule has 1 aliphatic carbocycles. The van der Waals surface area contributed by atoms with E-state index < -0.39 is 5.56 Å². The monoisotopic (exact) mass is 409 g/mol. The summed E-state index contributed by atoms with van der Waals surface area (Å²) >= 11 is 0. The van der Waals surface area contributed by atoms with Gasteiger partial charge in [-0.05, 0) is 30.4 Å². The molecule has 0 spiro atoms. The first-order valence-corrected chi connectivity index (χ1v) is 11.0. The number of aliphatic hydroxyl groups is 1. The van der Waals surface area contributed by atoms with E-state index in [-0.39, 0.29) is 17.8 Å². The van der Waals surface area contributed by atoms with Crippen molar-refractivity contribution >= 4 is 5.70 Å². The van der Waals surface area contributed by atoms with E-state index in [0.29, 0.717) is 37.4 Å². The molecule has 1 aromatic heterocycles. The molecule has 2 aliphatic rings. The predicted octanol–water partition coefficient (Wildman–Crippen LogP) is 2.84. The van der Waals surface area contributed by atoms with Crippen LogP contribution in [0.4, 0.5) is 0 Å². The van der Waals surface area contributed by atoms with Gasteiger partial charge < -0.3 is 19.7 Å². The highest BCUT2D eigenvalue weighted by Crippen LogP contribution is 2.44. The fraction of sp³-hybridized carbons (Fsp3) is 0.500. The van der Waals surface area contributed by atoms with Gasteiger partial charge in [-0.15, -0.1) is 0 Å². The van der Waals surface area contributed by atoms with E-state index in [1.54, 1.807) is 0 Å². The summed E-state index contributed by atoms with van der Waals surface area (Å²) in [6.07, 6.45) is 6.16. The predicted molar refractivity (Wildman–Crippen MR) is 118 cm³/mol. The zero-order chi connectivity index (χ0) is 21.3. The Morgan fingerprint density at radius 3 is 2.70 bits per heavy atom. The number of aliphatic hydroxyl groups excluding tert-OH is 1. The van der Waals surface area contributed by atoms with Gasteiger partial charge in [-0.3, -0.25) is 4.79 Å². The highest BCUT2D eigenvalue weighted by atomic mass is 16.3. The van der Waals surface area contributed by atoms with Crippen molar-refractivity contribution < 1.29 is 10.2 Å². The molecule has 6 nitrogen and oxygen atoms in total. The molecule has 30 heavy (non-hydrogen) atoms. The van der Waals surface area contributed by atoms with Crippen molar-refractivity contribution in [3.8, 4) is 5.75 Å².